The van der Waals surface area contributed by atoms with Gasteiger partial charge in [0.25, 0.3) is 0 Å². The Morgan fingerprint density at radius 2 is 1.54 bits per heavy atom. The molecule has 0 radical (unpaired) electrons. The number of aliphatic hydroxyl groups is 4. The fraction of sp³-hybridized carbons (Fsp3) is 0.750. The maximum Gasteiger partial charge on any atom is 1.00 e. The molecule has 0 saturated carbocycles. The minimum Gasteiger partial charge on any atom is -0.735 e. The number of nitrogens with one attached hydrogen (secondary N) is 1. The molecule has 0 aromatic rings. The van der Waals surface area contributed by atoms with Crippen molar-refractivity contribution in [1.82, 2.24) is 4.72 Å². The Labute approximate surface area is 310 Å². The van der Waals surface area contributed by atoms with Gasteiger partial charge >= 0.3 is 118 Å². The molecule has 0 fully saturated rings. The molecule has 0 bridgehead atoms. The molecule has 39 heavy (non-hydrogen) atoms. The number of ether oxygens (including phenoxy) is 2. The van der Waals surface area contributed by atoms with Crippen LogP contribution in [-0.2, 0) is 53.7 Å². The van der Waals surface area contributed by atoms with E-state index in [1.165, 1.54) is 0 Å². The Morgan fingerprint density at radius 3 is 1.92 bits per heavy atom. The normalized spacial score (nSPS) is 22.5. The molecule has 0 saturated heterocycles. The second-order valence-corrected chi connectivity index (χ2v) is 9.68. The minimum atomic E-state index is -5.68. The summed E-state index contributed by atoms with van der Waals surface area (Å²) in [6, 6.07) is -2.24. The average molecular weight is 667 g/mol. The third kappa shape index (κ3) is 18.7. The number of carbonyl (C=O) groups is 1. The van der Waals surface area contributed by atoms with Crippen LogP contribution in [0.4, 0.5) is 0 Å². The third-order valence-electron chi connectivity index (χ3n) is 3.90. The van der Waals surface area contributed by atoms with E-state index >= 15 is 0 Å². The van der Waals surface area contributed by atoms with Gasteiger partial charge in [0.15, 0.2) is 16.4 Å². The molecule has 7 atom stereocenters. The van der Waals surface area contributed by atoms with Gasteiger partial charge in [0, 0.05) is 0 Å². The van der Waals surface area contributed by atoms with Crippen LogP contribution in [0.15, 0.2) is 11.8 Å². The summed E-state index contributed by atoms with van der Waals surface area (Å²) in [5, 5.41) is 50.7. The van der Waals surface area contributed by atoms with E-state index in [-0.39, 0.29) is 118 Å². The molecular formula is C12H17NNa4O19S3. The SMILES string of the molecule is O=C([O-])C1=C[C@H](O)[C@@H](OS(=O)(=O)[O-])[C@H](O[C@@H]([C@H](O)[C@H](CO)NS(=O)(=O)[O-])[C@H](O)COS(=O)(=O)[O-])O1.[Na+].[Na+].[Na+].[Na+]. The topological polar surface area (TPSA) is 342 Å². The number of aliphatic carboxylic acids is 1. The Morgan fingerprint density at radius 1 is 1.03 bits per heavy atom. The van der Waals surface area contributed by atoms with E-state index in [0.717, 1.165) is 4.72 Å². The van der Waals surface area contributed by atoms with E-state index in [4.69, 9.17) is 4.74 Å². The van der Waals surface area contributed by atoms with Crippen molar-refractivity contribution in [2.24, 2.45) is 0 Å². The van der Waals surface area contributed by atoms with Crippen molar-refractivity contribution in [3.63, 3.8) is 0 Å². The number of carboxylic acid groups (broad SMARTS) is 1. The van der Waals surface area contributed by atoms with Crippen molar-refractivity contribution in [3.8, 4) is 0 Å². The van der Waals surface area contributed by atoms with Gasteiger partial charge in [-0.2, -0.15) is 0 Å². The van der Waals surface area contributed by atoms with Gasteiger partial charge in [-0.3, -0.25) is 8.37 Å². The summed E-state index contributed by atoms with van der Waals surface area (Å²) in [7, 11) is -16.6. The predicted octanol–water partition coefficient (Wildman–Crippen LogP) is -19.8. The summed E-state index contributed by atoms with van der Waals surface area (Å²) < 4.78 is 116. The van der Waals surface area contributed by atoms with Crippen LogP contribution in [0.25, 0.3) is 0 Å². The zero-order valence-corrected chi connectivity index (χ0v) is 31.1. The van der Waals surface area contributed by atoms with E-state index in [0.29, 0.717) is 6.08 Å². The van der Waals surface area contributed by atoms with E-state index in [9.17, 15) is 69.2 Å². The first-order valence-corrected chi connectivity index (χ1v) is 12.7. The average Bonchev–Trinajstić information content (AvgIpc) is 2.67. The third-order valence-corrected chi connectivity index (χ3v) is 5.37. The van der Waals surface area contributed by atoms with Crippen molar-refractivity contribution >= 4 is 37.1 Å². The fourth-order valence-electron chi connectivity index (χ4n) is 2.53. The second kappa shape index (κ2) is 20.5. The largest absolute Gasteiger partial charge is 1.00 e. The minimum absolute atomic E-state index is 0. The Balaban J connectivity index is -0.00000153. The first-order chi connectivity index (χ1) is 15.7. The summed E-state index contributed by atoms with van der Waals surface area (Å²) in [5.41, 5.74) is 0. The van der Waals surface area contributed by atoms with Gasteiger partial charge in [-0.15, -0.1) is 0 Å². The van der Waals surface area contributed by atoms with Crippen LogP contribution >= 0.6 is 0 Å². The molecule has 5 N–H and O–H groups in total. The van der Waals surface area contributed by atoms with Gasteiger partial charge in [-0.05, 0) is 6.08 Å². The molecule has 1 heterocycles. The Hall–Kier alpha value is 2.42. The molecular weight excluding hydrogens is 650 g/mol. The molecule has 0 aromatic heterocycles. The Kier molecular flexibility index (Phi) is 25.3. The smallest absolute Gasteiger partial charge is 0.735 e. The molecule has 1 rings (SSSR count). The van der Waals surface area contributed by atoms with Gasteiger partial charge < -0.3 is 53.5 Å². The molecule has 206 valence electrons. The van der Waals surface area contributed by atoms with Gasteiger partial charge in [-0.1, -0.05) is 0 Å². The number of hydrogen-bond donors (Lipinski definition) is 5. The van der Waals surface area contributed by atoms with E-state index < -0.39 is 98.9 Å². The zero-order chi connectivity index (χ0) is 27.4. The molecule has 1 aliphatic heterocycles. The van der Waals surface area contributed by atoms with Crippen LogP contribution in [0, 0.1) is 0 Å². The summed E-state index contributed by atoms with van der Waals surface area (Å²) in [4.78, 5) is 11.1. The van der Waals surface area contributed by atoms with Gasteiger partial charge in [0.05, 0.1) is 19.3 Å². The van der Waals surface area contributed by atoms with E-state index in [1.807, 2.05) is 0 Å². The first kappa shape index (κ1) is 48.3. The standard InChI is InChI=1S/C12H21NO19S3.4Na/c14-2-4(13-33(20,21)22)8(17)9(6(16)3-29-34(23,24)25)31-12-10(32-35(26,27)28)5(15)1-7(30-12)11(18)19;;;;/h1,4-6,8-10,12-17H,2-3H2,(H,18,19)(H,20,21,22)(H,23,24,25)(H,26,27,28);;;;/q;4*+1/p-4/t4-,5-,6+,8+,9+,10+,12-;;;;/m0..../s1. The van der Waals surface area contributed by atoms with Gasteiger partial charge in [-0.25, -0.2) is 30.0 Å². The van der Waals surface area contributed by atoms with Gasteiger partial charge in [0.2, 0.25) is 27.1 Å². The van der Waals surface area contributed by atoms with Crippen molar-refractivity contribution in [2.45, 2.75) is 42.9 Å². The number of carbonyl (C=O) groups excluding carboxylic acids is 1. The summed E-state index contributed by atoms with van der Waals surface area (Å²) >= 11 is 0. The van der Waals surface area contributed by atoms with Crippen molar-refractivity contribution in [3.05, 3.63) is 11.8 Å². The molecule has 0 aliphatic carbocycles. The van der Waals surface area contributed by atoms with Crippen LogP contribution in [-0.4, -0.2) is 121 Å². The van der Waals surface area contributed by atoms with Crippen molar-refractivity contribution < 1.29 is 205 Å². The molecule has 27 heteroatoms. The summed E-state index contributed by atoms with van der Waals surface area (Å²) in [5.74, 6) is -3.41. The van der Waals surface area contributed by atoms with E-state index in [2.05, 4.69) is 13.1 Å². The van der Waals surface area contributed by atoms with Crippen molar-refractivity contribution in [2.75, 3.05) is 13.2 Å². The number of rotatable bonds is 14. The Bertz CT molecular complexity index is 1100. The van der Waals surface area contributed by atoms with Crippen LogP contribution in [0.1, 0.15) is 0 Å². The van der Waals surface area contributed by atoms with Crippen LogP contribution in [0.5, 0.6) is 0 Å². The maximum atomic E-state index is 11.1. The quantitative estimate of drug-likeness (QED) is 0.0652. The number of aliphatic hydroxyl groups excluding tert-OH is 4. The van der Waals surface area contributed by atoms with Gasteiger partial charge in [0.1, 0.15) is 36.1 Å². The van der Waals surface area contributed by atoms with Crippen molar-refractivity contribution in [1.29, 1.82) is 0 Å². The monoisotopic (exact) mass is 667 g/mol. The molecule has 0 amide bonds. The van der Waals surface area contributed by atoms with E-state index in [1.54, 1.807) is 0 Å². The molecule has 0 unspecified atom stereocenters. The van der Waals surface area contributed by atoms with Crippen LogP contribution in [0.2, 0.25) is 0 Å². The molecule has 0 aromatic carbocycles. The number of hydrogen-bond acceptors (Lipinski definition) is 19. The molecule has 0 spiro atoms. The zero-order valence-electron chi connectivity index (χ0n) is 20.7. The van der Waals surface area contributed by atoms with Crippen LogP contribution < -0.4 is 128 Å². The number of carboxylic acids is 1. The molecule has 20 nitrogen and oxygen atoms in total. The molecule has 1 aliphatic rings. The maximum absolute atomic E-state index is 11.1. The second-order valence-electron chi connectivity index (χ2n) is 6.48. The predicted molar refractivity (Wildman–Crippen MR) is 94.8 cm³/mol. The summed E-state index contributed by atoms with van der Waals surface area (Å²) in [6.07, 6.45) is -14.7. The fourth-order valence-corrected chi connectivity index (χ4v) is 3.90. The first-order valence-electron chi connectivity index (χ1n) is 8.62. The van der Waals surface area contributed by atoms with Crippen LogP contribution in [0.3, 0.4) is 0 Å². The summed E-state index contributed by atoms with van der Waals surface area (Å²) in [6.45, 7) is -2.96.